The number of ether oxygens (including phenoxy) is 2. The normalized spacial score (nSPS) is 10.2. The van der Waals surface area contributed by atoms with Gasteiger partial charge in [-0.3, -0.25) is 4.79 Å². The van der Waals surface area contributed by atoms with Gasteiger partial charge in [-0.15, -0.1) is 5.10 Å². The molecule has 8 nitrogen and oxygen atoms in total. The molecule has 1 aromatic heterocycles. The summed E-state index contributed by atoms with van der Waals surface area (Å²) in [6.07, 6.45) is 1.48. The van der Waals surface area contributed by atoms with Gasteiger partial charge < -0.3 is 14.8 Å². The number of benzene rings is 2. The largest absolute Gasteiger partial charge is 0.497 e. The third-order valence-electron chi connectivity index (χ3n) is 3.33. The molecule has 1 amide bonds. The molecule has 0 aliphatic carbocycles. The lowest BCUT2D eigenvalue weighted by molar-refractivity contribution is 0.102. The number of nitrogens with zero attached hydrogens (tertiary/aromatic N) is 4. The predicted octanol–water partition coefficient (Wildman–Crippen LogP) is 1.93. The molecule has 8 heteroatoms. The fourth-order valence-electron chi connectivity index (χ4n) is 2.15. The maximum absolute atomic E-state index is 12.5. The van der Waals surface area contributed by atoms with E-state index in [-0.39, 0.29) is 5.91 Å². The van der Waals surface area contributed by atoms with E-state index in [1.165, 1.54) is 25.2 Å². The first-order valence-corrected chi connectivity index (χ1v) is 7.07. The summed E-state index contributed by atoms with van der Waals surface area (Å²) in [5.41, 5.74) is 1.79. The molecule has 3 aromatic rings. The molecule has 0 saturated heterocycles. The van der Waals surface area contributed by atoms with E-state index in [9.17, 15) is 4.79 Å². The molecule has 0 unspecified atom stereocenters. The zero-order valence-corrected chi connectivity index (χ0v) is 13.1. The number of hydrogen-bond donors (Lipinski definition) is 1. The van der Waals surface area contributed by atoms with Gasteiger partial charge in [0.25, 0.3) is 5.91 Å². The van der Waals surface area contributed by atoms with Crippen LogP contribution in [0.5, 0.6) is 11.5 Å². The molecule has 1 N–H and O–H groups in total. The molecule has 0 saturated carbocycles. The monoisotopic (exact) mass is 325 g/mol. The molecule has 0 spiro atoms. The molecule has 0 atom stereocenters. The number of carbonyl (C=O) groups is 1. The zero-order chi connectivity index (χ0) is 16.9. The van der Waals surface area contributed by atoms with Crippen molar-refractivity contribution >= 4 is 11.6 Å². The van der Waals surface area contributed by atoms with Gasteiger partial charge >= 0.3 is 0 Å². The van der Waals surface area contributed by atoms with Crippen LogP contribution >= 0.6 is 0 Å². The highest BCUT2D eigenvalue weighted by Gasteiger charge is 2.11. The van der Waals surface area contributed by atoms with E-state index >= 15 is 0 Å². The van der Waals surface area contributed by atoms with E-state index in [4.69, 9.17) is 9.47 Å². The van der Waals surface area contributed by atoms with Crippen LogP contribution < -0.4 is 14.8 Å². The van der Waals surface area contributed by atoms with Gasteiger partial charge in [-0.2, -0.15) is 0 Å². The third kappa shape index (κ3) is 3.32. The molecule has 3 rings (SSSR count). The number of rotatable bonds is 5. The minimum absolute atomic E-state index is 0.277. The highest BCUT2D eigenvalue weighted by molar-refractivity contribution is 6.04. The zero-order valence-electron chi connectivity index (χ0n) is 13.1. The molecule has 0 aliphatic rings. The van der Waals surface area contributed by atoms with Crippen molar-refractivity contribution in [2.75, 3.05) is 19.5 Å². The smallest absolute Gasteiger partial charge is 0.255 e. The number of tetrazole rings is 1. The van der Waals surface area contributed by atoms with Crippen LogP contribution in [0, 0.1) is 0 Å². The SMILES string of the molecule is COc1cc(OC)cc(C(=O)Nc2cccc(-n3cnnn3)c2)c1. The van der Waals surface area contributed by atoms with Crippen molar-refractivity contribution < 1.29 is 14.3 Å². The molecule has 1 heterocycles. The van der Waals surface area contributed by atoms with E-state index in [0.29, 0.717) is 22.7 Å². The van der Waals surface area contributed by atoms with Gasteiger partial charge in [-0.05, 0) is 40.8 Å². The first-order valence-electron chi connectivity index (χ1n) is 7.07. The van der Waals surface area contributed by atoms with Crippen molar-refractivity contribution in [2.24, 2.45) is 0 Å². The van der Waals surface area contributed by atoms with E-state index in [2.05, 4.69) is 20.8 Å². The lowest BCUT2D eigenvalue weighted by atomic mass is 10.1. The Bertz CT molecular complexity index is 826. The molecule has 0 bridgehead atoms. The summed E-state index contributed by atoms with van der Waals surface area (Å²) in [4.78, 5) is 12.5. The standard InChI is InChI=1S/C16H15N5O3/c1-23-14-6-11(7-15(9-14)24-2)16(22)18-12-4-3-5-13(8-12)21-10-17-19-20-21/h3-10H,1-2H3,(H,18,22). The quantitative estimate of drug-likeness (QED) is 0.771. The highest BCUT2D eigenvalue weighted by atomic mass is 16.5. The van der Waals surface area contributed by atoms with Gasteiger partial charge in [0.05, 0.1) is 19.9 Å². The average molecular weight is 325 g/mol. The Morgan fingerprint density at radius 1 is 1.08 bits per heavy atom. The van der Waals surface area contributed by atoms with Crippen LogP contribution in [-0.2, 0) is 0 Å². The Hall–Kier alpha value is -3.42. The van der Waals surface area contributed by atoms with Gasteiger partial charge in [0.15, 0.2) is 0 Å². The molecule has 0 fully saturated rings. The van der Waals surface area contributed by atoms with Crippen molar-refractivity contribution in [1.29, 1.82) is 0 Å². The summed E-state index contributed by atoms with van der Waals surface area (Å²) in [5, 5.41) is 13.8. The van der Waals surface area contributed by atoms with Crippen LogP contribution in [0.25, 0.3) is 5.69 Å². The first-order chi connectivity index (χ1) is 11.7. The maximum Gasteiger partial charge on any atom is 0.255 e. The van der Waals surface area contributed by atoms with Crippen LogP contribution in [0.4, 0.5) is 5.69 Å². The number of amides is 1. The van der Waals surface area contributed by atoms with Gasteiger partial charge in [0, 0.05) is 17.3 Å². The van der Waals surface area contributed by atoms with Crippen molar-refractivity contribution in [2.45, 2.75) is 0 Å². The summed E-state index contributed by atoms with van der Waals surface area (Å²) in [6, 6.07) is 12.2. The van der Waals surface area contributed by atoms with Crippen LogP contribution in [0.3, 0.4) is 0 Å². The van der Waals surface area contributed by atoms with Gasteiger partial charge in [-0.25, -0.2) is 4.68 Å². The van der Waals surface area contributed by atoms with Crippen molar-refractivity contribution in [3.05, 3.63) is 54.4 Å². The number of nitrogens with one attached hydrogen (secondary N) is 1. The number of aromatic nitrogens is 4. The fourth-order valence-corrected chi connectivity index (χ4v) is 2.15. The van der Waals surface area contributed by atoms with Crippen molar-refractivity contribution in [3.63, 3.8) is 0 Å². The molecular formula is C16H15N5O3. The number of anilines is 1. The Kier molecular flexibility index (Phi) is 4.37. The summed E-state index contributed by atoms with van der Waals surface area (Å²) in [5.74, 6) is 0.810. The summed E-state index contributed by atoms with van der Waals surface area (Å²) in [6.45, 7) is 0. The minimum Gasteiger partial charge on any atom is -0.497 e. The Morgan fingerprint density at radius 2 is 1.83 bits per heavy atom. The second-order valence-electron chi connectivity index (χ2n) is 4.86. The fraction of sp³-hybridized carbons (Fsp3) is 0.125. The highest BCUT2D eigenvalue weighted by Crippen LogP contribution is 2.23. The second-order valence-corrected chi connectivity index (χ2v) is 4.86. The van der Waals surface area contributed by atoms with Crippen LogP contribution in [-0.4, -0.2) is 40.3 Å². The van der Waals surface area contributed by atoms with E-state index < -0.39 is 0 Å². The lowest BCUT2D eigenvalue weighted by Crippen LogP contribution is -2.12. The number of carbonyl (C=O) groups excluding carboxylic acids is 1. The molecule has 122 valence electrons. The third-order valence-corrected chi connectivity index (χ3v) is 3.33. The van der Waals surface area contributed by atoms with Crippen LogP contribution in [0.1, 0.15) is 10.4 Å². The molecule has 2 aromatic carbocycles. The van der Waals surface area contributed by atoms with Crippen LogP contribution in [0.2, 0.25) is 0 Å². The molecular weight excluding hydrogens is 310 g/mol. The lowest BCUT2D eigenvalue weighted by Gasteiger charge is -2.10. The molecule has 24 heavy (non-hydrogen) atoms. The van der Waals surface area contributed by atoms with Crippen molar-refractivity contribution in [1.82, 2.24) is 20.2 Å². The van der Waals surface area contributed by atoms with E-state index in [1.54, 1.807) is 36.4 Å². The number of methoxy groups -OCH3 is 2. The Balaban J connectivity index is 1.84. The Labute approximate surface area is 138 Å². The van der Waals surface area contributed by atoms with E-state index in [0.717, 1.165) is 5.69 Å². The Morgan fingerprint density at radius 3 is 2.46 bits per heavy atom. The van der Waals surface area contributed by atoms with Gasteiger partial charge in [0.1, 0.15) is 17.8 Å². The minimum atomic E-state index is -0.277. The van der Waals surface area contributed by atoms with E-state index in [1.807, 2.05) is 6.07 Å². The maximum atomic E-state index is 12.5. The number of hydrogen-bond acceptors (Lipinski definition) is 6. The molecule has 0 radical (unpaired) electrons. The van der Waals surface area contributed by atoms with Crippen LogP contribution in [0.15, 0.2) is 48.8 Å². The van der Waals surface area contributed by atoms with Gasteiger partial charge in [0.2, 0.25) is 0 Å². The average Bonchev–Trinajstić information content (AvgIpc) is 3.16. The summed E-state index contributed by atoms with van der Waals surface area (Å²) >= 11 is 0. The van der Waals surface area contributed by atoms with Crippen molar-refractivity contribution in [3.8, 4) is 17.2 Å². The molecule has 0 aliphatic heterocycles. The predicted molar refractivity (Wildman–Crippen MR) is 86.7 cm³/mol. The summed E-state index contributed by atoms with van der Waals surface area (Å²) < 4.78 is 11.9. The topological polar surface area (TPSA) is 91.2 Å². The van der Waals surface area contributed by atoms with Gasteiger partial charge in [-0.1, -0.05) is 6.07 Å². The first kappa shape index (κ1) is 15.5. The second kappa shape index (κ2) is 6.78. The summed E-state index contributed by atoms with van der Waals surface area (Å²) in [7, 11) is 3.07.